The number of hydrogen-bond acceptors (Lipinski definition) is 4. The first-order valence-corrected chi connectivity index (χ1v) is 12.9. The minimum absolute atomic E-state index is 0.258. The lowest BCUT2D eigenvalue weighted by molar-refractivity contribution is -0.137. The first kappa shape index (κ1) is 24.9. The SMILES string of the molecule is Cc1ccc(-c2nc3c(nc2-c2ccc(C)cc2)N(C(C)C)C(CCCCCC(=O)O)CC3)cc1. The van der Waals surface area contributed by atoms with E-state index in [0.717, 1.165) is 72.6 Å². The van der Waals surface area contributed by atoms with Gasteiger partial charge in [-0.05, 0) is 53.4 Å². The molecule has 0 fully saturated rings. The van der Waals surface area contributed by atoms with Crippen molar-refractivity contribution in [2.24, 2.45) is 0 Å². The molecule has 0 amide bonds. The van der Waals surface area contributed by atoms with E-state index in [4.69, 9.17) is 15.1 Å². The average molecular weight is 472 g/mol. The largest absolute Gasteiger partial charge is 0.481 e. The Kier molecular flexibility index (Phi) is 7.84. The van der Waals surface area contributed by atoms with Gasteiger partial charge in [0.2, 0.25) is 0 Å². The van der Waals surface area contributed by atoms with Crippen molar-refractivity contribution in [2.45, 2.75) is 84.7 Å². The Labute approximate surface area is 209 Å². The number of fused-ring (bicyclic) bond motifs is 1. The maximum atomic E-state index is 10.8. The minimum Gasteiger partial charge on any atom is -0.481 e. The summed E-state index contributed by atoms with van der Waals surface area (Å²) in [6.45, 7) is 8.66. The van der Waals surface area contributed by atoms with E-state index in [-0.39, 0.29) is 6.42 Å². The summed E-state index contributed by atoms with van der Waals surface area (Å²) in [5, 5.41) is 8.92. The molecule has 0 spiro atoms. The van der Waals surface area contributed by atoms with Gasteiger partial charge in [-0.1, -0.05) is 72.5 Å². The molecule has 5 nitrogen and oxygen atoms in total. The van der Waals surface area contributed by atoms with Crippen molar-refractivity contribution in [3.63, 3.8) is 0 Å². The highest BCUT2D eigenvalue weighted by molar-refractivity contribution is 5.80. The summed E-state index contributed by atoms with van der Waals surface area (Å²) in [6, 6.07) is 17.8. The third-order valence-corrected chi connectivity index (χ3v) is 6.93. The van der Waals surface area contributed by atoms with Crippen LogP contribution in [0, 0.1) is 13.8 Å². The van der Waals surface area contributed by atoms with Crippen LogP contribution in [0.2, 0.25) is 0 Å². The van der Waals surface area contributed by atoms with Gasteiger partial charge in [0.1, 0.15) is 0 Å². The van der Waals surface area contributed by atoms with Gasteiger partial charge in [-0.3, -0.25) is 4.79 Å². The van der Waals surface area contributed by atoms with Gasteiger partial charge in [-0.15, -0.1) is 0 Å². The lowest BCUT2D eigenvalue weighted by atomic mass is 9.94. The number of benzene rings is 2. The molecule has 0 saturated carbocycles. The highest BCUT2D eigenvalue weighted by atomic mass is 16.4. The third kappa shape index (κ3) is 5.90. The number of aryl methyl sites for hydroxylation is 3. The van der Waals surface area contributed by atoms with Crippen molar-refractivity contribution >= 4 is 11.8 Å². The van der Waals surface area contributed by atoms with E-state index in [2.05, 4.69) is 81.1 Å². The van der Waals surface area contributed by atoms with Crippen LogP contribution in [-0.2, 0) is 11.2 Å². The number of aromatic nitrogens is 2. The molecular formula is C30H37N3O2. The van der Waals surface area contributed by atoms with Crippen LogP contribution >= 0.6 is 0 Å². The molecule has 2 aromatic carbocycles. The summed E-state index contributed by atoms with van der Waals surface area (Å²) >= 11 is 0. The Morgan fingerprint density at radius 2 is 1.49 bits per heavy atom. The van der Waals surface area contributed by atoms with Crippen molar-refractivity contribution in [1.29, 1.82) is 0 Å². The van der Waals surface area contributed by atoms with Crippen molar-refractivity contribution < 1.29 is 9.90 Å². The van der Waals surface area contributed by atoms with Crippen LogP contribution in [0.4, 0.5) is 5.82 Å². The second-order valence-corrected chi connectivity index (χ2v) is 10.1. The smallest absolute Gasteiger partial charge is 0.303 e. The summed E-state index contributed by atoms with van der Waals surface area (Å²) in [5.74, 6) is 0.303. The normalized spacial score (nSPS) is 15.3. The van der Waals surface area contributed by atoms with Crippen LogP contribution in [0.15, 0.2) is 48.5 Å². The van der Waals surface area contributed by atoms with Gasteiger partial charge in [-0.2, -0.15) is 0 Å². The zero-order valence-electron chi connectivity index (χ0n) is 21.4. The Bertz CT molecular complexity index is 1150. The van der Waals surface area contributed by atoms with Gasteiger partial charge in [-0.25, -0.2) is 9.97 Å². The summed E-state index contributed by atoms with van der Waals surface area (Å²) in [6.07, 6.45) is 6.02. The van der Waals surface area contributed by atoms with Gasteiger partial charge >= 0.3 is 5.97 Å². The van der Waals surface area contributed by atoms with Gasteiger partial charge < -0.3 is 10.0 Å². The molecular weight excluding hydrogens is 434 g/mol. The van der Waals surface area contributed by atoms with Crippen LogP contribution in [0.1, 0.15) is 69.2 Å². The van der Waals surface area contributed by atoms with Gasteiger partial charge in [0, 0.05) is 29.6 Å². The van der Waals surface area contributed by atoms with Crippen molar-refractivity contribution in [1.82, 2.24) is 9.97 Å². The molecule has 1 aromatic heterocycles. The molecule has 5 heteroatoms. The fourth-order valence-corrected chi connectivity index (χ4v) is 5.06. The topological polar surface area (TPSA) is 66.3 Å². The lowest BCUT2D eigenvalue weighted by Crippen LogP contribution is -2.45. The number of anilines is 1. The van der Waals surface area contributed by atoms with Gasteiger partial charge in [0.05, 0.1) is 17.1 Å². The molecule has 0 aliphatic carbocycles. The average Bonchev–Trinajstić information content (AvgIpc) is 2.83. The van der Waals surface area contributed by atoms with E-state index in [1.807, 2.05) is 0 Å². The number of nitrogens with zero attached hydrogens (tertiary/aromatic N) is 3. The fraction of sp³-hybridized carbons (Fsp3) is 0.433. The number of carboxylic acids is 1. The second-order valence-electron chi connectivity index (χ2n) is 10.1. The first-order valence-electron chi connectivity index (χ1n) is 12.9. The standard InChI is InChI=1S/C30H37N3O2/c1-20(2)33-25(8-6-5-7-9-27(34)35)18-19-26-30(33)32-29(24-16-12-22(4)13-17-24)28(31-26)23-14-10-21(3)11-15-23/h10-17,20,25H,5-9,18-19H2,1-4H3,(H,34,35). The molecule has 1 aliphatic heterocycles. The van der Waals surface area contributed by atoms with Crippen molar-refractivity contribution in [3.8, 4) is 22.5 Å². The summed E-state index contributed by atoms with van der Waals surface area (Å²) < 4.78 is 0. The van der Waals surface area contributed by atoms with E-state index in [1.54, 1.807) is 0 Å². The fourth-order valence-electron chi connectivity index (χ4n) is 5.06. The summed E-state index contributed by atoms with van der Waals surface area (Å²) in [5.41, 5.74) is 7.59. The number of carbonyl (C=O) groups is 1. The lowest BCUT2D eigenvalue weighted by Gasteiger charge is -2.41. The number of unbranched alkanes of at least 4 members (excludes halogenated alkanes) is 2. The van der Waals surface area contributed by atoms with Crippen LogP contribution < -0.4 is 4.90 Å². The number of aliphatic carboxylic acids is 1. The van der Waals surface area contributed by atoms with Crippen molar-refractivity contribution in [2.75, 3.05) is 4.90 Å². The van der Waals surface area contributed by atoms with Crippen molar-refractivity contribution in [3.05, 3.63) is 65.4 Å². The van der Waals surface area contributed by atoms with Crippen LogP contribution in [-0.4, -0.2) is 33.1 Å². The van der Waals surface area contributed by atoms with Crippen LogP contribution in [0.5, 0.6) is 0 Å². The molecule has 3 aromatic rings. The minimum atomic E-state index is -0.705. The van der Waals surface area contributed by atoms with E-state index >= 15 is 0 Å². The third-order valence-electron chi connectivity index (χ3n) is 6.93. The highest BCUT2D eigenvalue weighted by Gasteiger charge is 2.31. The highest BCUT2D eigenvalue weighted by Crippen LogP contribution is 2.38. The predicted molar refractivity (Wildman–Crippen MR) is 143 cm³/mol. The molecule has 2 heterocycles. The molecule has 4 rings (SSSR count). The maximum absolute atomic E-state index is 10.8. The second kappa shape index (κ2) is 11.0. The molecule has 0 bridgehead atoms. The van der Waals surface area contributed by atoms with E-state index in [0.29, 0.717) is 12.1 Å². The maximum Gasteiger partial charge on any atom is 0.303 e. The van der Waals surface area contributed by atoms with E-state index in [1.165, 1.54) is 11.1 Å². The molecule has 0 saturated heterocycles. The quantitative estimate of drug-likeness (QED) is 0.341. The zero-order chi connectivity index (χ0) is 24.9. The Hall–Kier alpha value is -3.21. The zero-order valence-corrected chi connectivity index (χ0v) is 21.4. The van der Waals surface area contributed by atoms with Gasteiger partial charge in [0.15, 0.2) is 5.82 Å². The summed E-state index contributed by atoms with van der Waals surface area (Å²) in [7, 11) is 0. The first-order chi connectivity index (χ1) is 16.8. The van der Waals surface area contributed by atoms with E-state index < -0.39 is 5.97 Å². The molecule has 1 aliphatic rings. The molecule has 1 N–H and O–H groups in total. The summed E-state index contributed by atoms with van der Waals surface area (Å²) in [4.78, 5) is 23.8. The Morgan fingerprint density at radius 3 is 2.03 bits per heavy atom. The number of rotatable bonds is 9. The van der Waals surface area contributed by atoms with Crippen LogP contribution in [0.25, 0.3) is 22.5 Å². The molecule has 1 atom stereocenters. The molecule has 0 radical (unpaired) electrons. The number of carboxylic acid groups (broad SMARTS) is 1. The Balaban J connectivity index is 1.70. The van der Waals surface area contributed by atoms with E-state index in [9.17, 15) is 4.79 Å². The van der Waals surface area contributed by atoms with Gasteiger partial charge in [0.25, 0.3) is 0 Å². The molecule has 1 unspecified atom stereocenters. The Morgan fingerprint density at radius 1 is 0.914 bits per heavy atom. The predicted octanol–water partition coefficient (Wildman–Crippen LogP) is 6.99. The molecule has 184 valence electrons. The molecule has 35 heavy (non-hydrogen) atoms. The number of hydrogen-bond donors (Lipinski definition) is 1. The monoisotopic (exact) mass is 471 g/mol. The van der Waals surface area contributed by atoms with Crippen LogP contribution in [0.3, 0.4) is 0 Å².